The summed E-state index contributed by atoms with van der Waals surface area (Å²) in [5, 5.41) is 14.1. The first-order chi connectivity index (χ1) is 9.52. The molecule has 0 bridgehead atoms. The number of para-hydroxylation sites is 1. The summed E-state index contributed by atoms with van der Waals surface area (Å²) in [6.07, 6.45) is 0. The highest BCUT2D eigenvalue weighted by Crippen LogP contribution is 2.29. The van der Waals surface area contributed by atoms with Gasteiger partial charge in [0, 0.05) is 27.2 Å². The van der Waals surface area contributed by atoms with E-state index in [1.165, 1.54) is 18.1 Å². The summed E-state index contributed by atoms with van der Waals surface area (Å²) < 4.78 is 4.90. The van der Waals surface area contributed by atoms with Crippen LogP contribution in [-0.2, 0) is 4.74 Å². The minimum absolute atomic E-state index is 0.0760. The quantitative estimate of drug-likeness (QED) is 0.608. The van der Waals surface area contributed by atoms with Crippen LogP contribution in [0.25, 0.3) is 0 Å². The zero-order chi connectivity index (χ0) is 15.1. The van der Waals surface area contributed by atoms with Gasteiger partial charge in [0.1, 0.15) is 11.3 Å². The Bertz CT molecular complexity index is 491. The van der Waals surface area contributed by atoms with Crippen LogP contribution in [0.4, 0.5) is 11.4 Å². The molecule has 1 rings (SSSR count). The van der Waals surface area contributed by atoms with Crippen LogP contribution in [-0.4, -0.2) is 49.6 Å². The Hall–Kier alpha value is -2.15. The van der Waals surface area contributed by atoms with Gasteiger partial charge in [-0.25, -0.2) is 0 Å². The zero-order valence-electron chi connectivity index (χ0n) is 11.9. The maximum Gasteiger partial charge on any atom is 0.305 e. The number of likely N-dealkylation sites (N-methyl/N-ethyl adjacent to an activating group) is 1. The molecule has 0 aliphatic carbocycles. The number of carbonyl (C=O) groups excluding carboxylic acids is 1. The first kappa shape index (κ1) is 15.9. The van der Waals surface area contributed by atoms with Crippen LogP contribution in [0.3, 0.4) is 0 Å². The number of nitrogens with one attached hydrogen (secondary N) is 1. The number of nitro groups is 1. The first-order valence-corrected chi connectivity index (χ1v) is 6.28. The fraction of sp³-hybridized carbons (Fsp3) is 0.462. The summed E-state index contributed by atoms with van der Waals surface area (Å²) in [6, 6.07) is 4.68. The number of amides is 1. The molecule has 7 heteroatoms. The van der Waals surface area contributed by atoms with Crippen molar-refractivity contribution < 1.29 is 14.5 Å². The van der Waals surface area contributed by atoms with Crippen molar-refractivity contribution in [3.8, 4) is 0 Å². The average Bonchev–Trinajstić information content (AvgIpc) is 2.43. The van der Waals surface area contributed by atoms with Gasteiger partial charge < -0.3 is 15.0 Å². The van der Waals surface area contributed by atoms with Crippen molar-refractivity contribution in [1.82, 2.24) is 4.90 Å². The minimum Gasteiger partial charge on any atom is -0.383 e. The van der Waals surface area contributed by atoms with Crippen LogP contribution in [0.5, 0.6) is 0 Å². The smallest absolute Gasteiger partial charge is 0.305 e. The van der Waals surface area contributed by atoms with Gasteiger partial charge in [-0.05, 0) is 19.1 Å². The molecule has 20 heavy (non-hydrogen) atoms. The molecule has 0 unspecified atom stereocenters. The molecule has 0 aromatic heterocycles. The lowest BCUT2D eigenvalue weighted by Gasteiger charge is -2.17. The van der Waals surface area contributed by atoms with Gasteiger partial charge in [0.25, 0.3) is 5.91 Å². The number of anilines is 1. The van der Waals surface area contributed by atoms with E-state index in [1.54, 1.807) is 19.2 Å². The predicted octanol–water partition coefficient (Wildman–Crippen LogP) is 1.74. The number of methoxy groups -OCH3 is 1. The summed E-state index contributed by atoms with van der Waals surface area (Å²) in [5.74, 6) is -0.395. The van der Waals surface area contributed by atoms with Crippen molar-refractivity contribution in [2.24, 2.45) is 0 Å². The molecule has 1 amide bonds. The SMILES string of the molecule is CCNc1cccc(C(=O)N(C)CCOC)c1[N+](=O)[O-]. The molecular formula is C13H19N3O4. The van der Waals surface area contributed by atoms with Crippen molar-refractivity contribution in [2.75, 3.05) is 39.2 Å². The molecule has 0 fully saturated rings. The Morgan fingerprint density at radius 2 is 2.20 bits per heavy atom. The monoisotopic (exact) mass is 281 g/mol. The molecule has 0 heterocycles. The molecule has 0 saturated heterocycles. The summed E-state index contributed by atoms with van der Waals surface area (Å²) in [7, 11) is 3.12. The van der Waals surface area contributed by atoms with E-state index >= 15 is 0 Å². The van der Waals surface area contributed by atoms with Crippen LogP contribution in [0.1, 0.15) is 17.3 Å². The second kappa shape index (κ2) is 7.44. The number of hydrogen-bond donors (Lipinski definition) is 1. The van der Waals surface area contributed by atoms with Gasteiger partial charge in [-0.3, -0.25) is 14.9 Å². The van der Waals surface area contributed by atoms with Crippen LogP contribution in [0.2, 0.25) is 0 Å². The highest BCUT2D eigenvalue weighted by Gasteiger charge is 2.26. The van der Waals surface area contributed by atoms with Crippen molar-refractivity contribution in [3.63, 3.8) is 0 Å². The lowest BCUT2D eigenvalue weighted by Crippen LogP contribution is -2.30. The maximum absolute atomic E-state index is 12.3. The molecular weight excluding hydrogens is 262 g/mol. The van der Waals surface area contributed by atoms with E-state index in [0.717, 1.165) is 0 Å². The van der Waals surface area contributed by atoms with Crippen LogP contribution in [0.15, 0.2) is 18.2 Å². The van der Waals surface area contributed by atoms with Crippen LogP contribution in [0, 0.1) is 10.1 Å². The number of hydrogen-bond acceptors (Lipinski definition) is 5. The number of ether oxygens (including phenoxy) is 1. The Balaban J connectivity index is 3.13. The Kier molecular flexibility index (Phi) is 5.92. The molecule has 0 spiro atoms. The van der Waals surface area contributed by atoms with E-state index in [0.29, 0.717) is 25.4 Å². The maximum atomic E-state index is 12.3. The lowest BCUT2D eigenvalue weighted by atomic mass is 10.1. The molecule has 0 aliphatic rings. The fourth-order valence-electron chi connectivity index (χ4n) is 1.78. The summed E-state index contributed by atoms with van der Waals surface area (Å²) in [5.41, 5.74) is 0.235. The molecule has 1 N–H and O–H groups in total. The topological polar surface area (TPSA) is 84.7 Å². The number of rotatable bonds is 7. The largest absolute Gasteiger partial charge is 0.383 e. The van der Waals surface area contributed by atoms with Crippen molar-refractivity contribution in [1.29, 1.82) is 0 Å². The third-order valence-electron chi connectivity index (χ3n) is 2.79. The standard InChI is InChI=1S/C13H19N3O4/c1-4-14-11-7-5-6-10(12(11)16(18)19)13(17)15(2)8-9-20-3/h5-7,14H,4,8-9H2,1-3H3. The molecule has 110 valence electrons. The van der Waals surface area contributed by atoms with E-state index in [2.05, 4.69) is 5.32 Å². The minimum atomic E-state index is -0.532. The molecule has 7 nitrogen and oxygen atoms in total. The number of nitro benzene ring substituents is 1. The van der Waals surface area contributed by atoms with Gasteiger partial charge in [0.05, 0.1) is 11.5 Å². The average molecular weight is 281 g/mol. The molecule has 1 aromatic rings. The fourth-order valence-corrected chi connectivity index (χ4v) is 1.78. The molecule has 0 aliphatic heterocycles. The van der Waals surface area contributed by atoms with Gasteiger partial charge in [0.15, 0.2) is 0 Å². The van der Waals surface area contributed by atoms with Crippen molar-refractivity contribution in [3.05, 3.63) is 33.9 Å². The summed E-state index contributed by atoms with van der Waals surface area (Å²) in [6.45, 7) is 3.13. The van der Waals surface area contributed by atoms with Gasteiger partial charge in [-0.2, -0.15) is 0 Å². The normalized spacial score (nSPS) is 10.2. The third kappa shape index (κ3) is 3.67. The highest BCUT2D eigenvalue weighted by molar-refractivity contribution is 6.00. The third-order valence-corrected chi connectivity index (χ3v) is 2.79. The lowest BCUT2D eigenvalue weighted by molar-refractivity contribution is -0.384. The van der Waals surface area contributed by atoms with Crippen LogP contribution < -0.4 is 5.32 Å². The molecule has 0 radical (unpaired) electrons. The van der Waals surface area contributed by atoms with Gasteiger partial charge in [-0.1, -0.05) is 6.07 Å². The van der Waals surface area contributed by atoms with E-state index in [9.17, 15) is 14.9 Å². The van der Waals surface area contributed by atoms with E-state index in [-0.39, 0.29) is 11.3 Å². The summed E-state index contributed by atoms with van der Waals surface area (Å²) >= 11 is 0. The second-order valence-electron chi connectivity index (χ2n) is 4.21. The number of carbonyl (C=O) groups is 1. The zero-order valence-corrected chi connectivity index (χ0v) is 11.9. The predicted molar refractivity (Wildman–Crippen MR) is 76.1 cm³/mol. The van der Waals surface area contributed by atoms with Gasteiger partial charge in [0.2, 0.25) is 0 Å². The van der Waals surface area contributed by atoms with Crippen molar-refractivity contribution in [2.45, 2.75) is 6.92 Å². The Labute approximate surface area is 117 Å². The molecule has 1 aromatic carbocycles. The first-order valence-electron chi connectivity index (χ1n) is 6.28. The molecule has 0 atom stereocenters. The van der Waals surface area contributed by atoms with E-state index in [4.69, 9.17) is 4.74 Å². The van der Waals surface area contributed by atoms with Crippen molar-refractivity contribution >= 4 is 17.3 Å². The highest BCUT2D eigenvalue weighted by atomic mass is 16.6. The number of nitrogens with zero attached hydrogens (tertiary/aromatic N) is 2. The van der Waals surface area contributed by atoms with Gasteiger partial charge >= 0.3 is 5.69 Å². The summed E-state index contributed by atoms with van der Waals surface area (Å²) in [4.78, 5) is 24.4. The second-order valence-corrected chi connectivity index (χ2v) is 4.21. The number of benzene rings is 1. The molecule has 0 saturated carbocycles. The van der Waals surface area contributed by atoms with Crippen LogP contribution >= 0.6 is 0 Å². The van der Waals surface area contributed by atoms with E-state index in [1.807, 2.05) is 6.92 Å². The van der Waals surface area contributed by atoms with Gasteiger partial charge in [-0.15, -0.1) is 0 Å². The van der Waals surface area contributed by atoms with E-state index < -0.39 is 10.8 Å². The Morgan fingerprint density at radius 1 is 1.50 bits per heavy atom. The Morgan fingerprint density at radius 3 is 2.75 bits per heavy atom.